The van der Waals surface area contributed by atoms with Crippen LogP contribution in [0, 0.1) is 0 Å². The van der Waals surface area contributed by atoms with E-state index in [-0.39, 0.29) is 18.4 Å². The van der Waals surface area contributed by atoms with Crippen molar-refractivity contribution in [3.63, 3.8) is 0 Å². The summed E-state index contributed by atoms with van der Waals surface area (Å²) in [5.74, 6) is 0.257. The van der Waals surface area contributed by atoms with Crippen molar-refractivity contribution in [2.24, 2.45) is 0 Å². The summed E-state index contributed by atoms with van der Waals surface area (Å²) in [5, 5.41) is 10.4. The first-order chi connectivity index (χ1) is 19.2. The predicted molar refractivity (Wildman–Crippen MR) is 149 cm³/mol. The monoisotopic (exact) mass is 530 g/mol. The van der Waals surface area contributed by atoms with E-state index in [1.807, 2.05) is 53.4 Å². The van der Waals surface area contributed by atoms with Crippen molar-refractivity contribution in [3.05, 3.63) is 83.3 Å². The van der Waals surface area contributed by atoms with E-state index in [1.54, 1.807) is 6.26 Å². The van der Waals surface area contributed by atoms with Crippen molar-refractivity contribution >= 4 is 16.9 Å². The van der Waals surface area contributed by atoms with Crippen molar-refractivity contribution in [2.45, 2.75) is 70.0 Å². The number of furan rings is 1. The first-order valence-electron chi connectivity index (χ1n) is 14.4. The fourth-order valence-electron chi connectivity index (χ4n) is 6.22. The van der Waals surface area contributed by atoms with E-state index in [4.69, 9.17) is 13.9 Å². The van der Waals surface area contributed by atoms with Gasteiger partial charge in [0.15, 0.2) is 5.76 Å². The Morgan fingerprint density at radius 1 is 0.949 bits per heavy atom. The number of fused-ring (bicyclic) bond motifs is 1. The molecule has 2 fully saturated rings. The van der Waals surface area contributed by atoms with Gasteiger partial charge in [0.25, 0.3) is 5.91 Å². The number of carbonyl (C=O) groups excluding carboxylic acids is 1. The number of hydrogen-bond acceptors (Lipinski definition) is 6. The lowest BCUT2D eigenvalue weighted by molar-refractivity contribution is -0.156. The van der Waals surface area contributed by atoms with Gasteiger partial charge in [0.1, 0.15) is 5.58 Å². The lowest BCUT2D eigenvalue weighted by Crippen LogP contribution is -2.49. The van der Waals surface area contributed by atoms with Crippen molar-refractivity contribution < 1.29 is 23.8 Å². The standard InChI is InChI=1S/C32H38N2O5/c35-20-23-8-10-24(11-9-23)21-38-31-19-25(28-22-37-29-7-3-2-6-27(28)29)18-30(39-31)32(36)34-16-12-26(13-17-34)33-14-4-1-5-15-33/h2-3,6-11,18,22,25-26,31,35H,1,4-5,12-17,19-21H2/t25-,31+/m0/s1. The Hall–Kier alpha value is -3.13. The molecule has 2 aromatic carbocycles. The average molecular weight is 531 g/mol. The molecule has 206 valence electrons. The number of hydrogen-bond donors (Lipinski definition) is 1. The number of allylic oxidation sites excluding steroid dienone is 1. The maximum atomic E-state index is 13.7. The van der Waals surface area contributed by atoms with Crippen LogP contribution in [0.1, 0.15) is 61.1 Å². The summed E-state index contributed by atoms with van der Waals surface area (Å²) in [6.45, 7) is 4.26. The summed E-state index contributed by atoms with van der Waals surface area (Å²) in [4.78, 5) is 18.3. The number of para-hydroxylation sites is 1. The summed E-state index contributed by atoms with van der Waals surface area (Å²) in [7, 11) is 0. The zero-order valence-corrected chi connectivity index (χ0v) is 22.5. The van der Waals surface area contributed by atoms with Crippen LogP contribution in [0.4, 0.5) is 0 Å². The van der Waals surface area contributed by atoms with Gasteiger partial charge in [-0.25, -0.2) is 0 Å². The fourth-order valence-corrected chi connectivity index (χ4v) is 6.22. The number of benzene rings is 2. The lowest BCUT2D eigenvalue weighted by Gasteiger charge is -2.40. The molecule has 6 rings (SSSR count). The highest BCUT2D eigenvalue weighted by atomic mass is 16.7. The van der Waals surface area contributed by atoms with E-state index < -0.39 is 6.29 Å². The Labute approximate surface area is 230 Å². The van der Waals surface area contributed by atoms with E-state index in [0.717, 1.165) is 53.6 Å². The number of likely N-dealkylation sites (tertiary alicyclic amines) is 2. The quantitative estimate of drug-likeness (QED) is 0.445. The number of amides is 1. The highest BCUT2D eigenvalue weighted by Crippen LogP contribution is 2.37. The van der Waals surface area contributed by atoms with Crippen molar-refractivity contribution in [2.75, 3.05) is 26.2 Å². The molecule has 1 N–H and O–H groups in total. The van der Waals surface area contributed by atoms with Crippen LogP contribution >= 0.6 is 0 Å². The topological polar surface area (TPSA) is 75.4 Å². The van der Waals surface area contributed by atoms with Gasteiger partial charge in [-0.05, 0) is 62.0 Å². The molecule has 39 heavy (non-hydrogen) atoms. The van der Waals surface area contributed by atoms with Gasteiger partial charge in [-0.1, -0.05) is 48.9 Å². The van der Waals surface area contributed by atoms with Crippen molar-refractivity contribution in [3.8, 4) is 0 Å². The minimum Gasteiger partial charge on any atom is -0.464 e. The smallest absolute Gasteiger partial charge is 0.288 e. The van der Waals surface area contributed by atoms with Crippen molar-refractivity contribution in [1.82, 2.24) is 9.80 Å². The molecule has 0 saturated carbocycles. The molecular weight excluding hydrogens is 492 g/mol. The number of nitrogens with zero attached hydrogens (tertiary/aromatic N) is 2. The maximum Gasteiger partial charge on any atom is 0.288 e. The SMILES string of the molecule is O=C(C1=C[C@H](c2coc3ccccc23)C[C@H](OCc2ccc(CO)cc2)O1)N1CCC(N2CCCCC2)CC1. The van der Waals surface area contributed by atoms with Crippen LogP contribution in [0.3, 0.4) is 0 Å². The Kier molecular flexibility index (Phi) is 8.00. The number of ether oxygens (including phenoxy) is 2. The molecule has 2 atom stereocenters. The summed E-state index contributed by atoms with van der Waals surface area (Å²) >= 11 is 0. The van der Waals surface area contributed by atoms with Gasteiger partial charge < -0.3 is 28.8 Å². The van der Waals surface area contributed by atoms with Gasteiger partial charge >= 0.3 is 0 Å². The molecule has 2 saturated heterocycles. The second-order valence-electron chi connectivity index (χ2n) is 11.0. The second kappa shape index (κ2) is 11.9. The lowest BCUT2D eigenvalue weighted by atomic mass is 9.92. The molecule has 3 aliphatic heterocycles. The Morgan fingerprint density at radius 3 is 2.46 bits per heavy atom. The van der Waals surface area contributed by atoms with Crippen LogP contribution in [0.5, 0.6) is 0 Å². The molecule has 1 amide bonds. The van der Waals surface area contributed by atoms with E-state index in [1.165, 1.54) is 32.4 Å². The molecule has 1 aromatic heterocycles. The first-order valence-corrected chi connectivity index (χ1v) is 14.4. The highest BCUT2D eigenvalue weighted by molar-refractivity contribution is 5.92. The van der Waals surface area contributed by atoms with E-state index in [0.29, 0.717) is 24.8 Å². The normalized spacial score (nSPS) is 23.0. The van der Waals surface area contributed by atoms with Crippen LogP contribution in [0.2, 0.25) is 0 Å². The molecule has 7 heteroatoms. The molecule has 0 bridgehead atoms. The van der Waals surface area contributed by atoms with Gasteiger partial charge in [-0.15, -0.1) is 0 Å². The van der Waals surface area contributed by atoms with Crippen LogP contribution in [-0.2, 0) is 27.5 Å². The van der Waals surface area contributed by atoms with E-state index in [2.05, 4.69) is 11.0 Å². The van der Waals surface area contributed by atoms with Gasteiger partial charge in [-0.3, -0.25) is 4.79 Å². The third-order valence-corrected chi connectivity index (χ3v) is 8.48. The minimum absolute atomic E-state index is 0.0127. The van der Waals surface area contributed by atoms with Gasteiger partial charge in [0.2, 0.25) is 6.29 Å². The Balaban J connectivity index is 1.18. The van der Waals surface area contributed by atoms with Crippen LogP contribution < -0.4 is 0 Å². The fraction of sp³-hybridized carbons (Fsp3) is 0.469. The zero-order valence-electron chi connectivity index (χ0n) is 22.5. The van der Waals surface area contributed by atoms with Gasteiger partial charge in [0.05, 0.1) is 19.5 Å². The van der Waals surface area contributed by atoms with Crippen LogP contribution in [-0.4, -0.2) is 59.3 Å². The predicted octanol–water partition coefficient (Wildman–Crippen LogP) is 5.33. The molecular formula is C32H38N2O5. The molecule has 3 aromatic rings. The average Bonchev–Trinajstić information content (AvgIpc) is 3.45. The largest absolute Gasteiger partial charge is 0.464 e. The number of aliphatic hydroxyl groups is 1. The molecule has 0 radical (unpaired) electrons. The number of piperidine rings is 2. The van der Waals surface area contributed by atoms with E-state index in [9.17, 15) is 9.90 Å². The summed E-state index contributed by atoms with van der Waals surface area (Å²) < 4.78 is 18.3. The zero-order chi connectivity index (χ0) is 26.6. The third-order valence-electron chi connectivity index (χ3n) is 8.48. The summed E-state index contributed by atoms with van der Waals surface area (Å²) in [5.41, 5.74) is 3.73. The molecule has 0 unspecified atom stereocenters. The van der Waals surface area contributed by atoms with Crippen LogP contribution in [0.15, 0.2) is 71.0 Å². The molecule has 4 heterocycles. The second-order valence-corrected chi connectivity index (χ2v) is 11.0. The first kappa shape index (κ1) is 26.1. The molecule has 3 aliphatic rings. The number of carbonyl (C=O) groups is 1. The summed E-state index contributed by atoms with van der Waals surface area (Å²) in [6, 6.07) is 16.3. The number of rotatable bonds is 7. The highest BCUT2D eigenvalue weighted by Gasteiger charge is 2.34. The van der Waals surface area contributed by atoms with Gasteiger partial charge in [0, 0.05) is 42.4 Å². The Morgan fingerprint density at radius 2 is 1.69 bits per heavy atom. The third kappa shape index (κ3) is 5.91. The minimum atomic E-state index is -0.559. The molecule has 0 spiro atoms. The molecule has 7 nitrogen and oxygen atoms in total. The maximum absolute atomic E-state index is 13.7. The van der Waals surface area contributed by atoms with E-state index >= 15 is 0 Å². The summed E-state index contributed by atoms with van der Waals surface area (Å²) in [6.07, 6.45) is 9.73. The molecule has 0 aliphatic carbocycles. The van der Waals surface area contributed by atoms with Gasteiger partial charge in [-0.2, -0.15) is 0 Å². The van der Waals surface area contributed by atoms with Crippen molar-refractivity contribution in [1.29, 1.82) is 0 Å². The number of aliphatic hydroxyl groups excluding tert-OH is 1. The Bertz CT molecular complexity index is 1290. The van der Waals surface area contributed by atoms with Crippen LogP contribution in [0.25, 0.3) is 11.0 Å².